The van der Waals surface area contributed by atoms with E-state index in [1.807, 2.05) is 24.3 Å². The number of hydrogen-bond donors (Lipinski definition) is 0. The molecule has 2 aliphatic heterocycles. The number of amides is 2. The van der Waals surface area contributed by atoms with E-state index in [2.05, 4.69) is 17.0 Å². The zero-order valence-electron chi connectivity index (χ0n) is 22.1. The molecule has 2 amide bonds. The molecule has 0 aromatic heterocycles. The van der Waals surface area contributed by atoms with Crippen LogP contribution in [0.4, 0.5) is 5.69 Å². The van der Waals surface area contributed by atoms with E-state index in [-0.39, 0.29) is 11.3 Å². The number of nitrogens with zero attached hydrogens (tertiary/aromatic N) is 4. The van der Waals surface area contributed by atoms with Gasteiger partial charge in [0.25, 0.3) is 5.91 Å². The molecule has 0 spiro atoms. The van der Waals surface area contributed by atoms with Crippen molar-refractivity contribution < 1.29 is 22.7 Å². The highest BCUT2D eigenvalue weighted by Crippen LogP contribution is 2.34. The first-order valence-electron chi connectivity index (χ1n) is 13.1. The van der Waals surface area contributed by atoms with E-state index in [4.69, 9.17) is 10.00 Å². The van der Waals surface area contributed by atoms with Crippen molar-refractivity contribution in [3.8, 4) is 11.8 Å². The molecule has 2 heterocycles. The normalized spacial score (nSPS) is 18.7. The summed E-state index contributed by atoms with van der Waals surface area (Å²) >= 11 is 0. The number of rotatable bonds is 8. The molecule has 0 bridgehead atoms. The number of imide groups is 1. The Kier molecular flexibility index (Phi) is 7.98. The maximum atomic E-state index is 14.1. The van der Waals surface area contributed by atoms with E-state index in [0.717, 1.165) is 11.4 Å². The van der Waals surface area contributed by atoms with Gasteiger partial charge in [-0.15, -0.1) is 0 Å². The van der Waals surface area contributed by atoms with Crippen molar-refractivity contribution in [1.82, 2.24) is 9.21 Å². The van der Waals surface area contributed by atoms with Crippen LogP contribution in [0.5, 0.6) is 5.75 Å². The second-order valence-electron chi connectivity index (χ2n) is 9.95. The highest BCUT2D eigenvalue weighted by molar-refractivity contribution is 7.89. The molecule has 2 aliphatic rings. The Balaban J connectivity index is 1.44. The summed E-state index contributed by atoms with van der Waals surface area (Å²) in [6.45, 7) is 2.07. The molecule has 0 saturated carbocycles. The van der Waals surface area contributed by atoms with Crippen molar-refractivity contribution in [2.24, 2.45) is 0 Å². The van der Waals surface area contributed by atoms with Crippen LogP contribution in [0, 0.1) is 11.3 Å². The molecule has 40 heavy (non-hydrogen) atoms. The number of hydrogen-bond acceptors (Lipinski definition) is 7. The Morgan fingerprint density at radius 1 is 0.950 bits per heavy atom. The number of methoxy groups -OCH3 is 1. The van der Waals surface area contributed by atoms with Crippen molar-refractivity contribution in [3.63, 3.8) is 0 Å². The van der Waals surface area contributed by atoms with E-state index < -0.39 is 33.9 Å². The lowest BCUT2D eigenvalue weighted by molar-refractivity contribution is -0.122. The highest BCUT2D eigenvalue weighted by Gasteiger charge is 2.49. The Labute approximate surface area is 234 Å². The summed E-state index contributed by atoms with van der Waals surface area (Å²) in [7, 11) is -2.64. The fraction of sp³-hybridized carbons (Fsp3) is 0.300. The molecule has 0 N–H and O–H groups in total. The predicted molar refractivity (Wildman–Crippen MR) is 149 cm³/mol. The smallest absolute Gasteiger partial charge is 0.252 e. The number of carbonyl (C=O) groups is 2. The van der Waals surface area contributed by atoms with Crippen LogP contribution >= 0.6 is 0 Å². The Morgan fingerprint density at radius 2 is 1.60 bits per heavy atom. The number of sulfonamides is 1. The quantitative estimate of drug-likeness (QED) is 0.389. The molecule has 10 heteroatoms. The SMILES string of the molecule is COc1ccc(S(=O)(=O)N(C2CCN(Cc3ccccc3)CC2)C2CC(=O)N(c3ccc(C#N)cc3)C2=O)cc1. The van der Waals surface area contributed by atoms with E-state index >= 15 is 0 Å². The summed E-state index contributed by atoms with van der Waals surface area (Å²) in [5.74, 6) is -0.548. The molecule has 1 unspecified atom stereocenters. The number of anilines is 1. The summed E-state index contributed by atoms with van der Waals surface area (Å²) in [4.78, 5) is 30.2. The molecule has 2 saturated heterocycles. The average molecular weight is 559 g/mol. The molecular formula is C30H30N4O5S. The minimum atomic E-state index is -4.14. The fourth-order valence-corrected chi connectivity index (χ4v) is 7.26. The van der Waals surface area contributed by atoms with Crippen molar-refractivity contribution in [2.75, 3.05) is 25.1 Å². The monoisotopic (exact) mass is 558 g/mol. The van der Waals surface area contributed by atoms with Gasteiger partial charge in [0.15, 0.2) is 0 Å². The molecular weight excluding hydrogens is 528 g/mol. The van der Waals surface area contributed by atoms with Gasteiger partial charge in [0.05, 0.1) is 35.7 Å². The molecule has 3 aromatic carbocycles. The average Bonchev–Trinajstić information content (AvgIpc) is 3.27. The van der Waals surface area contributed by atoms with E-state index in [9.17, 15) is 18.0 Å². The van der Waals surface area contributed by atoms with Crippen molar-refractivity contribution in [1.29, 1.82) is 5.26 Å². The minimum Gasteiger partial charge on any atom is -0.497 e. The van der Waals surface area contributed by atoms with Gasteiger partial charge < -0.3 is 4.74 Å². The van der Waals surface area contributed by atoms with Gasteiger partial charge in [-0.1, -0.05) is 30.3 Å². The van der Waals surface area contributed by atoms with Gasteiger partial charge in [-0.25, -0.2) is 13.3 Å². The number of likely N-dealkylation sites (tertiary alicyclic amines) is 1. The molecule has 0 aliphatic carbocycles. The van der Waals surface area contributed by atoms with Crippen molar-refractivity contribution in [3.05, 3.63) is 90.0 Å². The minimum absolute atomic E-state index is 0.0390. The lowest BCUT2D eigenvalue weighted by Crippen LogP contribution is -2.53. The largest absolute Gasteiger partial charge is 0.497 e. The van der Waals surface area contributed by atoms with Crippen molar-refractivity contribution in [2.45, 2.75) is 42.8 Å². The Bertz CT molecular complexity index is 1510. The summed E-state index contributed by atoms with van der Waals surface area (Å²) in [5, 5.41) is 9.11. The fourth-order valence-electron chi connectivity index (χ4n) is 5.43. The molecule has 0 radical (unpaired) electrons. The third-order valence-electron chi connectivity index (χ3n) is 7.49. The van der Waals surface area contributed by atoms with E-state index in [1.54, 1.807) is 12.1 Å². The van der Waals surface area contributed by atoms with Gasteiger partial charge in [0, 0.05) is 25.7 Å². The maximum Gasteiger partial charge on any atom is 0.252 e. The zero-order valence-corrected chi connectivity index (χ0v) is 23.0. The summed E-state index contributed by atoms with van der Waals surface area (Å²) in [6, 6.07) is 22.6. The first kappa shape index (κ1) is 27.5. The van der Waals surface area contributed by atoms with Crippen LogP contribution in [0.2, 0.25) is 0 Å². The lowest BCUT2D eigenvalue weighted by atomic mass is 10.0. The third-order valence-corrected chi connectivity index (χ3v) is 9.46. The van der Waals surface area contributed by atoms with Gasteiger partial charge in [-0.05, 0) is 66.9 Å². The molecule has 5 rings (SSSR count). The highest BCUT2D eigenvalue weighted by atomic mass is 32.2. The van der Waals surface area contributed by atoms with Gasteiger partial charge in [-0.2, -0.15) is 9.57 Å². The molecule has 206 valence electrons. The van der Waals surface area contributed by atoms with Crippen LogP contribution in [0.1, 0.15) is 30.4 Å². The molecule has 2 fully saturated rings. The van der Waals surface area contributed by atoms with Gasteiger partial charge >= 0.3 is 0 Å². The molecule has 9 nitrogen and oxygen atoms in total. The predicted octanol–water partition coefficient (Wildman–Crippen LogP) is 3.55. The van der Waals surface area contributed by atoms with Crippen LogP contribution in [-0.4, -0.2) is 61.7 Å². The second kappa shape index (κ2) is 11.6. The van der Waals surface area contributed by atoms with Crippen LogP contribution in [0.3, 0.4) is 0 Å². The standard InChI is InChI=1S/C30H30N4O5S/c1-39-26-11-13-27(14-12-26)40(37,38)34(25-15-17-32(18-16-25)21-23-5-3-2-4-6-23)28-19-29(35)33(30(28)36)24-9-7-22(20-31)8-10-24/h2-14,25,28H,15-19,21H2,1H3. The number of piperidine rings is 1. The number of benzene rings is 3. The summed E-state index contributed by atoms with van der Waals surface area (Å²) in [5.41, 5.74) is 1.89. The first-order valence-corrected chi connectivity index (χ1v) is 14.6. The van der Waals surface area contributed by atoms with Crippen LogP contribution in [0.15, 0.2) is 83.8 Å². The number of ether oxygens (including phenoxy) is 1. The van der Waals surface area contributed by atoms with Crippen LogP contribution < -0.4 is 9.64 Å². The third kappa shape index (κ3) is 5.49. The Hall–Kier alpha value is -4.04. The summed E-state index contributed by atoms with van der Waals surface area (Å²) in [6.07, 6.45) is 0.798. The molecule has 3 aromatic rings. The zero-order chi connectivity index (χ0) is 28.3. The number of nitriles is 1. The summed E-state index contributed by atoms with van der Waals surface area (Å²) < 4.78 is 34.7. The van der Waals surface area contributed by atoms with Crippen molar-refractivity contribution >= 4 is 27.5 Å². The lowest BCUT2D eigenvalue weighted by Gasteiger charge is -2.39. The van der Waals surface area contributed by atoms with Gasteiger partial charge in [0.1, 0.15) is 11.8 Å². The topological polar surface area (TPSA) is 111 Å². The van der Waals surface area contributed by atoms with E-state index in [0.29, 0.717) is 42.9 Å². The van der Waals surface area contributed by atoms with Gasteiger partial charge in [0.2, 0.25) is 15.9 Å². The van der Waals surface area contributed by atoms with Crippen LogP contribution in [0.25, 0.3) is 0 Å². The first-order chi connectivity index (χ1) is 19.3. The molecule has 1 atom stereocenters. The van der Waals surface area contributed by atoms with E-state index in [1.165, 1.54) is 53.4 Å². The van der Waals surface area contributed by atoms with Gasteiger partial charge in [-0.3, -0.25) is 14.5 Å². The second-order valence-corrected chi connectivity index (χ2v) is 11.8. The van der Waals surface area contributed by atoms with Crippen LogP contribution in [-0.2, 0) is 26.2 Å². The number of carbonyl (C=O) groups excluding carboxylic acids is 2. The Morgan fingerprint density at radius 3 is 2.20 bits per heavy atom. The maximum absolute atomic E-state index is 14.1.